The zero-order valence-corrected chi connectivity index (χ0v) is 10.9. The molecule has 2 rings (SSSR count). The Morgan fingerprint density at radius 2 is 2.00 bits per heavy atom. The van der Waals surface area contributed by atoms with E-state index in [0.29, 0.717) is 12.1 Å². The molecule has 21 heavy (non-hydrogen) atoms. The number of hydrogen-bond acceptors (Lipinski definition) is 5. The fourth-order valence-corrected chi connectivity index (χ4v) is 1.62. The number of aromatic nitrogens is 2. The molecular weight excluding hydrogens is 274 g/mol. The van der Waals surface area contributed by atoms with E-state index in [1.165, 1.54) is 12.1 Å². The number of oxime groups is 1. The van der Waals surface area contributed by atoms with E-state index in [-0.39, 0.29) is 17.1 Å². The average molecular weight is 287 g/mol. The number of nitrogens with two attached hydrogens (primary N) is 1. The summed E-state index contributed by atoms with van der Waals surface area (Å²) in [6.07, 6.45) is 0.312. The van der Waals surface area contributed by atoms with E-state index in [2.05, 4.69) is 20.7 Å². The number of nitrogens with one attached hydrogen (secondary N) is 2. The normalized spacial score (nSPS) is 11.1. The standard InChI is InChI=1S/C13H13N5O3/c14-11(18-21)7-8-1-3-9(4-2-8)15-13(20)10-5-6-12(19)17-16-10/h1-6,21H,7H2,(H2,14,18)(H,15,20)(H,17,19). The summed E-state index contributed by atoms with van der Waals surface area (Å²) >= 11 is 0. The van der Waals surface area contributed by atoms with E-state index in [1.54, 1.807) is 24.3 Å². The average Bonchev–Trinajstić information content (AvgIpc) is 2.49. The van der Waals surface area contributed by atoms with Crippen LogP contribution in [-0.2, 0) is 6.42 Å². The van der Waals surface area contributed by atoms with Crippen LogP contribution in [0.5, 0.6) is 0 Å². The predicted octanol–water partition coefficient (Wildman–Crippen LogP) is 0.311. The highest BCUT2D eigenvalue weighted by Crippen LogP contribution is 2.11. The van der Waals surface area contributed by atoms with Gasteiger partial charge in [-0.15, -0.1) is 0 Å². The van der Waals surface area contributed by atoms with Gasteiger partial charge in [0.15, 0.2) is 0 Å². The van der Waals surface area contributed by atoms with Gasteiger partial charge in [-0.2, -0.15) is 5.10 Å². The van der Waals surface area contributed by atoms with Crippen molar-refractivity contribution in [3.8, 4) is 0 Å². The van der Waals surface area contributed by atoms with Gasteiger partial charge in [-0.3, -0.25) is 9.59 Å². The van der Waals surface area contributed by atoms with Gasteiger partial charge in [0, 0.05) is 18.2 Å². The Bertz CT molecular complexity index is 701. The number of carbonyl (C=O) groups is 1. The highest BCUT2D eigenvalue weighted by molar-refractivity contribution is 6.02. The second-order valence-corrected chi connectivity index (χ2v) is 4.23. The van der Waals surface area contributed by atoms with Crippen LogP contribution in [0.2, 0.25) is 0 Å². The van der Waals surface area contributed by atoms with Gasteiger partial charge in [0.05, 0.1) is 0 Å². The second-order valence-electron chi connectivity index (χ2n) is 4.23. The Balaban J connectivity index is 2.04. The summed E-state index contributed by atoms with van der Waals surface area (Å²) in [5.41, 5.74) is 6.54. The molecule has 5 N–H and O–H groups in total. The van der Waals surface area contributed by atoms with Crippen LogP contribution < -0.4 is 16.6 Å². The lowest BCUT2D eigenvalue weighted by molar-refractivity contribution is 0.102. The van der Waals surface area contributed by atoms with Gasteiger partial charge < -0.3 is 16.3 Å². The number of anilines is 1. The van der Waals surface area contributed by atoms with Crippen LogP contribution in [0.25, 0.3) is 0 Å². The molecule has 108 valence electrons. The Labute approximate surface area is 119 Å². The molecule has 0 aliphatic heterocycles. The van der Waals surface area contributed by atoms with Gasteiger partial charge >= 0.3 is 0 Å². The molecule has 1 aromatic carbocycles. The van der Waals surface area contributed by atoms with Gasteiger partial charge in [-0.25, -0.2) is 5.10 Å². The topological polar surface area (TPSA) is 133 Å². The third-order valence-corrected chi connectivity index (χ3v) is 2.64. The molecule has 0 fully saturated rings. The van der Waals surface area contributed by atoms with Crippen molar-refractivity contribution < 1.29 is 10.0 Å². The Morgan fingerprint density at radius 3 is 2.57 bits per heavy atom. The molecule has 8 heteroatoms. The molecule has 0 aliphatic rings. The van der Waals surface area contributed by atoms with Crippen molar-refractivity contribution in [2.24, 2.45) is 10.9 Å². The van der Waals surface area contributed by atoms with E-state index in [0.717, 1.165) is 5.56 Å². The molecular formula is C13H13N5O3. The van der Waals surface area contributed by atoms with Crippen LogP contribution in [0.4, 0.5) is 5.69 Å². The first-order valence-corrected chi connectivity index (χ1v) is 6.01. The van der Waals surface area contributed by atoms with Crippen molar-refractivity contribution in [3.05, 3.63) is 58.0 Å². The largest absolute Gasteiger partial charge is 0.409 e. The number of carbonyl (C=O) groups excluding carboxylic acids is 1. The van der Waals surface area contributed by atoms with Crippen molar-refractivity contribution in [2.45, 2.75) is 6.42 Å². The molecule has 0 bridgehead atoms. The van der Waals surface area contributed by atoms with Crippen LogP contribution >= 0.6 is 0 Å². The van der Waals surface area contributed by atoms with Crippen molar-refractivity contribution in [3.63, 3.8) is 0 Å². The lowest BCUT2D eigenvalue weighted by Crippen LogP contribution is -2.17. The summed E-state index contributed by atoms with van der Waals surface area (Å²) in [7, 11) is 0. The number of benzene rings is 1. The summed E-state index contributed by atoms with van der Waals surface area (Å²) in [5, 5.41) is 19.8. The van der Waals surface area contributed by atoms with Crippen molar-refractivity contribution >= 4 is 17.4 Å². The molecule has 0 atom stereocenters. The third kappa shape index (κ3) is 3.90. The number of aromatic amines is 1. The summed E-state index contributed by atoms with van der Waals surface area (Å²) in [5.74, 6) is -0.334. The first-order chi connectivity index (χ1) is 10.1. The lowest BCUT2D eigenvalue weighted by atomic mass is 10.1. The number of amidine groups is 1. The van der Waals surface area contributed by atoms with E-state index < -0.39 is 5.91 Å². The Morgan fingerprint density at radius 1 is 1.29 bits per heavy atom. The van der Waals surface area contributed by atoms with Crippen LogP contribution in [0.3, 0.4) is 0 Å². The van der Waals surface area contributed by atoms with Gasteiger partial charge in [0.2, 0.25) is 0 Å². The number of nitrogens with zero attached hydrogens (tertiary/aromatic N) is 2. The molecule has 0 radical (unpaired) electrons. The van der Waals surface area contributed by atoms with Gasteiger partial charge in [0.1, 0.15) is 11.5 Å². The minimum atomic E-state index is -0.435. The molecule has 1 heterocycles. The van der Waals surface area contributed by atoms with Gasteiger partial charge in [0.25, 0.3) is 11.5 Å². The minimum absolute atomic E-state index is 0.101. The summed E-state index contributed by atoms with van der Waals surface area (Å²) in [4.78, 5) is 22.7. The maximum Gasteiger partial charge on any atom is 0.276 e. The van der Waals surface area contributed by atoms with Crippen LogP contribution in [0.15, 0.2) is 46.3 Å². The third-order valence-electron chi connectivity index (χ3n) is 2.64. The Kier molecular flexibility index (Phi) is 4.30. The zero-order chi connectivity index (χ0) is 15.2. The number of hydrogen-bond donors (Lipinski definition) is 4. The number of rotatable bonds is 4. The molecule has 0 saturated heterocycles. The minimum Gasteiger partial charge on any atom is -0.409 e. The molecule has 8 nitrogen and oxygen atoms in total. The summed E-state index contributed by atoms with van der Waals surface area (Å²) < 4.78 is 0. The molecule has 0 unspecified atom stereocenters. The van der Waals surface area contributed by atoms with E-state index >= 15 is 0 Å². The summed E-state index contributed by atoms with van der Waals surface area (Å²) in [6, 6.07) is 9.41. The van der Waals surface area contributed by atoms with Crippen LogP contribution in [0.1, 0.15) is 16.1 Å². The fraction of sp³-hybridized carbons (Fsp3) is 0.0769. The molecule has 0 aliphatic carbocycles. The summed E-state index contributed by atoms with van der Waals surface area (Å²) in [6.45, 7) is 0. The monoisotopic (exact) mass is 287 g/mol. The highest BCUT2D eigenvalue weighted by atomic mass is 16.4. The van der Waals surface area contributed by atoms with Gasteiger partial charge in [-0.1, -0.05) is 17.3 Å². The van der Waals surface area contributed by atoms with Gasteiger partial charge in [-0.05, 0) is 23.8 Å². The Hall–Kier alpha value is -3.16. The first kappa shape index (κ1) is 14.3. The molecule has 1 aromatic heterocycles. The smallest absolute Gasteiger partial charge is 0.276 e. The fourth-order valence-electron chi connectivity index (χ4n) is 1.62. The van der Waals surface area contributed by atoms with E-state index in [1.807, 2.05) is 0 Å². The quantitative estimate of drug-likeness (QED) is 0.278. The van der Waals surface area contributed by atoms with Crippen molar-refractivity contribution in [1.29, 1.82) is 0 Å². The molecule has 2 aromatic rings. The second kappa shape index (κ2) is 6.33. The highest BCUT2D eigenvalue weighted by Gasteiger charge is 2.07. The first-order valence-electron chi connectivity index (χ1n) is 6.01. The lowest BCUT2D eigenvalue weighted by Gasteiger charge is -2.05. The van der Waals surface area contributed by atoms with Crippen LogP contribution in [0, 0.1) is 0 Å². The predicted molar refractivity (Wildman–Crippen MR) is 76.4 cm³/mol. The van der Waals surface area contributed by atoms with E-state index in [4.69, 9.17) is 10.9 Å². The van der Waals surface area contributed by atoms with Crippen molar-refractivity contribution in [2.75, 3.05) is 5.32 Å². The molecule has 0 spiro atoms. The van der Waals surface area contributed by atoms with Crippen LogP contribution in [-0.4, -0.2) is 27.1 Å². The van der Waals surface area contributed by atoms with Crippen molar-refractivity contribution in [1.82, 2.24) is 10.2 Å². The maximum atomic E-state index is 11.9. The maximum absolute atomic E-state index is 11.9. The number of amides is 1. The van der Waals surface area contributed by atoms with E-state index in [9.17, 15) is 9.59 Å². The zero-order valence-electron chi connectivity index (χ0n) is 10.9. The molecule has 1 amide bonds. The SMILES string of the molecule is N/C(Cc1ccc(NC(=O)c2ccc(=O)[nH]n2)cc1)=N/O. The number of H-pyrrole nitrogens is 1. The molecule has 0 saturated carbocycles.